The highest BCUT2D eigenvalue weighted by Gasteiger charge is 2.10. The number of hydrogen-bond donors (Lipinski definition) is 1. The number of rotatable bonds is 6. The Morgan fingerprint density at radius 3 is 2.57 bits per heavy atom. The Morgan fingerprint density at radius 1 is 1.13 bits per heavy atom. The van der Waals surface area contributed by atoms with Gasteiger partial charge in [0.05, 0.1) is 22.8 Å². The van der Waals surface area contributed by atoms with Crippen molar-refractivity contribution >= 4 is 29.1 Å². The topological polar surface area (TPSA) is 70.0 Å². The zero-order valence-electron chi connectivity index (χ0n) is 12.1. The van der Waals surface area contributed by atoms with Gasteiger partial charge in [-0.2, -0.15) is 5.26 Å². The van der Waals surface area contributed by atoms with Crippen LogP contribution < -0.4 is 5.32 Å². The lowest BCUT2D eigenvalue weighted by atomic mass is 10.2. The number of carbonyl (C=O) groups is 2. The minimum absolute atomic E-state index is 0.0529. The van der Waals surface area contributed by atoms with Gasteiger partial charge in [-0.25, -0.2) is 4.39 Å². The van der Waals surface area contributed by atoms with Crippen LogP contribution in [0, 0.1) is 17.1 Å². The van der Waals surface area contributed by atoms with Crippen molar-refractivity contribution in [3.05, 3.63) is 65.5 Å². The Hall–Kier alpha value is -2.65. The van der Waals surface area contributed by atoms with Gasteiger partial charge in [-0.15, -0.1) is 11.8 Å². The summed E-state index contributed by atoms with van der Waals surface area (Å²) in [5.41, 5.74) is 0.920. The van der Waals surface area contributed by atoms with Gasteiger partial charge in [0.15, 0.2) is 5.78 Å². The van der Waals surface area contributed by atoms with Crippen LogP contribution in [0.25, 0.3) is 0 Å². The van der Waals surface area contributed by atoms with E-state index in [1.165, 1.54) is 23.9 Å². The van der Waals surface area contributed by atoms with E-state index in [-0.39, 0.29) is 34.4 Å². The zero-order valence-corrected chi connectivity index (χ0v) is 12.9. The molecule has 0 saturated heterocycles. The molecule has 0 aliphatic carbocycles. The summed E-state index contributed by atoms with van der Waals surface area (Å²) in [4.78, 5) is 23.7. The van der Waals surface area contributed by atoms with E-state index < -0.39 is 5.82 Å². The van der Waals surface area contributed by atoms with Crippen molar-refractivity contribution in [3.63, 3.8) is 0 Å². The van der Waals surface area contributed by atoms with Gasteiger partial charge in [-0.1, -0.05) is 30.3 Å². The molecule has 23 heavy (non-hydrogen) atoms. The molecule has 4 nitrogen and oxygen atoms in total. The summed E-state index contributed by atoms with van der Waals surface area (Å²) in [5, 5.41) is 11.5. The highest BCUT2D eigenvalue weighted by molar-refractivity contribution is 8.00. The average molecular weight is 328 g/mol. The van der Waals surface area contributed by atoms with Crippen molar-refractivity contribution in [2.24, 2.45) is 0 Å². The lowest BCUT2D eigenvalue weighted by Crippen LogP contribution is -2.16. The van der Waals surface area contributed by atoms with Gasteiger partial charge >= 0.3 is 0 Å². The molecule has 0 fully saturated rings. The number of nitriles is 1. The fourth-order valence-corrected chi connectivity index (χ4v) is 2.56. The second-order valence-corrected chi connectivity index (χ2v) is 5.62. The number of amides is 1. The maximum absolute atomic E-state index is 13.0. The van der Waals surface area contributed by atoms with E-state index in [0.29, 0.717) is 5.56 Å². The maximum Gasteiger partial charge on any atom is 0.234 e. The molecular weight excluding hydrogens is 315 g/mol. The number of hydrogen-bond acceptors (Lipinski definition) is 4. The van der Waals surface area contributed by atoms with Crippen LogP contribution in [0.2, 0.25) is 0 Å². The van der Waals surface area contributed by atoms with Crippen LogP contribution in [0.5, 0.6) is 0 Å². The lowest BCUT2D eigenvalue weighted by Gasteiger charge is -2.07. The summed E-state index contributed by atoms with van der Waals surface area (Å²) in [6.45, 7) is 0. The number of ketones is 1. The molecule has 0 aromatic heterocycles. The molecular formula is C17H13FN2O2S. The molecule has 2 rings (SSSR count). The summed E-state index contributed by atoms with van der Waals surface area (Å²) in [6.07, 6.45) is 0. The molecule has 2 aromatic carbocycles. The monoisotopic (exact) mass is 328 g/mol. The second-order valence-electron chi connectivity index (χ2n) is 4.63. The Morgan fingerprint density at radius 2 is 1.87 bits per heavy atom. The molecule has 116 valence electrons. The Labute approximate surface area is 137 Å². The predicted molar refractivity (Wildman–Crippen MR) is 87.8 cm³/mol. The summed E-state index contributed by atoms with van der Waals surface area (Å²) < 4.78 is 13.0. The van der Waals surface area contributed by atoms with Crippen molar-refractivity contribution < 1.29 is 14.0 Å². The van der Waals surface area contributed by atoms with Crippen LogP contribution in [0.3, 0.4) is 0 Å². The van der Waals surface area contributed by atoms with Crippen molar-refractivity contribution in [1.82, 2.24) is 0 Å². The quantitative estimate of drug-likeness (QED) is 0.826. The number of anilines is 1. The van der Waals surface area contributed by atoms with E-state index in [9.17, 15) is 14.0 Å². The van der Waals surface area contributed by atoms with Crippen molar-refractivity contribution in [1.29, 1.82) is 5.26 Å². The smallest absolute Gasteiger partial charge is 0.234 e. The minimum Gasteiger partial charge on any atom is -0.324 e. The van der Waals surface area contributed by atoms with Gasteiger partial charge in [-0.3, -0.25) is 9.59 Å². The minimum atomic E-state index is -0.539. The predicted octanol–water partition coefficient (Wildman–Crippen LogP) is 3.25. The highest BCUT2D eigenvalue weighted by atomic mass is 32.2. The molecule has 0 aliphatic rings. The number of thioether (sulfide) groups is 1. The van der Waals surface area contributed by atoms with E-state index >= 15 is 0 Å². The summed E-state index contributed by atoms with van der Waals surface area (Å²) in [5.74, 6) is -0.684. The zero-order chi connectivity index (χ0) is 16.7. The van der Waals surface area contributed by atoms with Gasteiger partial charge in [0, 0.05) is 5.56 Å². The van der Waals surface area contributed by atoms with Crippen molar-refractivity contribution in [2.45, 2.75) is 0 Å². The molecule has 0 bridgehead atoms. The molecule has 6 heteroatoms. The highest BCUT2D eigenvalue weighted by Crippen LogP contribution is 2.16. The standard InChI is InChI=1S/C17H13FN2O2S/c18-14-6-7-15(13(8-14)9-19)20-17(22)11-23-10-16(21)12-4-2-1-3-5-12/h1-8H,10-11H2,(H,20,22). The van der Waals surface area contributed by atoms with E-state index in [4.69, 9.17) is 5.26 Å². The summed E-state index contributed by atoms with van der Waals surface area (Å²) in [7, 11) is 0. The number of carbonyl (C=O) groups excluding carboxylic acids is 2. The fourth-order valence-electron chi connectivity index (χ4n) is 1.85. The van der Waals surface area contributed by atoms with Gasteiger partial charge in [0.1, 0.15) is 11.9 Å². The fraction of sp³-hybridized carbons (Fsp3) is 0.118. The Kier molecular flexibility index (Phi) is 5.89. The molecule has 0 aliphatic heterocycles. The molecule has 0 spiro atoms. The van der Waals surface area contributed by atoms with E-state index in [1.54, 1.807) is 24.3 Å². The van der Waals surface area contributed by atoms with E-state index in [2.05, 4.69) is 5.32 Å². The van der Waals surface area contributed by atoms with Gasteiger partial charge in [0.25, 0.3) is 0 Å². The van der Waals surface area contributed by atoms with Gasteiger partial charge in [-0.05, 0) is 18.2 Å². The van der Waals surface area contributed by atoms with Crippen LogP contribution >= 0.6 is 11.8 Å². The summed E-state index contributed by atoms with van der Waals surface area (Å²) in [6, 6.07) is 14.2. The van der Waals surface area contributed by atoms with Crippen LogP contribution in [0.1, 0.15) is 15.9 Å². The number of Topliss-reactive ketones (excluding diaryl/α,β-unsaturated/α-hetero) is 1. The molecule has 2 aromatic rings. The summed E-state index contributed by atoms with van der Waals surface area (Å²) >= 11 is 1.18. The van der Waals surface area contributed by atoms with Crippen molar-refractivity contribution in [2.75, 3.05) is 16.8 Å². The van der Waals surface area contributed by atoms with Crippen LogP contribution in [0.4, 0.5) is 10.1 Å². The third kappa shape index (κ3) is 4.94. The SMILES string of the molecule is N#Cc1cc(F)ccc1NC(=O)CSCC(=O)c1ccccc1. The molecule has 1 amide bonds. The van der Waals surface area contributed by atoms with Crippen LogP contribution in [-0.4, -0.2) is 23.2 Å². The molecule has 1 N–H and O–H groups in total. The Balaban J connectivity index is 1.84. The molecule has 0 radical (unpaired) electrons. The first-order valence-corrected chi connectivity index (χ1v) is 7.91. The maximum atomic E-state index is 13.0. The largest absolute Gasteiger partial charge is 0.324 e. The first-order valence-electron chi connectivity index (χ1n) is 6.75. The van der Waals surface area contributed by atoms with E-state index in [1.807, 2.05) is 12.1 Å². The first kappa shape index (κ1) is 16.7. The van der Waals surface area contributed by atoms with Crippen LogP contribution in [0.15, 0.2) is 48.5 Å². The Bertz CT molecular complexity index is 757. The number of nitrogens with zero attached hydrogens (tertiary/aromatic N) is 1. The molecule has 0 saturated carbocycles. The first-order chi connectivity index (χ1) is 11.1. The van der Waals surface area contributed by atoms with Crippen molar-refractivity contribution in [3.8, 4) is 6.07 Å². The second kappa shape index (κ2) is 8.11. The van der Waals surface area contributed by atoms with Gasteiger partial charge < -0.3 is 5.32 Å². The molecule has 0 atom stereocenters. The number of benzene rings is 2. The van der Waals surface area contributed by atoms with Gasteiger partial charge in [0.2, 0.25) is 5.91 Å². The number of nitrogens with one attached hydrogen (secondary N) is 1. The molecule has 0 unspecified atom stereocenters. The number of halogens is 1. The molecule has 0 heterocycles. The lowest BCUT2D eigenvalue weighted by molar-refractivity contribution is -0.113. The average Bonchev–Trinajstić information content (AvgIpc) is 2.57. The van der Waals surface area contributed by atoms with E-state index in [0.717, 1.165) is 6.07 Å². The third-order valence-electron chi connectivity index (χ3n) is 2.94. The van der Waals surface area contributed by atoms with Crippen LogP contribution in [-0.2, 0) is 4.79 Å². The normalized spacial score (nSPS) is 9.91. The third-order valence-corrected chi connectivity index (χ3v) is 3.87.